The predicted molar refractivity (Wildman–Crippen MR) is 96.8 cm³/mol. The van der Waals surface area contributed by atoms with E-state index in [9.17, 15) is 52.7 Å². The van der Waals surface area contributed by atoms with E-state index in [4.69, 9.17) is 0 Å². The van der Waals surface area contributed by atoms with Gasteiger partial charge in [-0.05, 0) is 0 Å². The zero-order chi connectivity index (χ0) is 25.9. The van der Waals surface area contributed by atoms with Crippen molar-refractivity contribution in [2.24, 2.45) is 0 Å². The second kappa shape index (κ2) is 7.72. The number of hydrogen-bond donors (Lipinski definition) is 0. The molecular weight excluding hydrogens is 519 g/mol. The number of alkyl halides is 12. The van der Waals surface area contributed by atoms with E-state index in [-0.39, 0.29) is 0 Å². The second-order valence-corrected chi connectivity index (χ2v) is 11.4. The standard InChI is InChI=1S/C19H13F12O2P/c20-16(21,22)14(17(23,24)25)32-34(12-7-3-1-4-8-12,13-9-5-2-6-10-13)11-15(33-34,18(26,27)28)19(29,30)31/h1-10,14H,11H2. The Morgan fingerprint density at radius 3 is 1.24 bits per heavy atom. The van der Waals surface area contributed by atoms with E-state index in [2.05, 4.69) is 9.05 Å². The van der Waals surface area contributed by atoms with Gasteiger partial charge in [0, 0.05) is 0 Å². The van der Waals surface area contributed by atoms with Crippen molar-refractivity contribution in [3.8, 4) is 0 Å². The topological polar surface area (TPSA) is 18.5 Å². The Bertz CT molecular complexity index is 924. The summed E-state index contributed by atoms with van der Waals surface area (Å²) in [5.41, 5.74) is -5.06. The summed E-state index contributed by atoms with van der Waals surface area (Å²) in [5.74, 6) is 0. The fourth-order valence-electron chi connectivity index (χ4n) is 3.78. The third-order valence-corrected chi connectivity index (χ3v) is 10.3. The van der Waals surface area contributed by atoms with E-state index < -0.39 is 60.2 Å². The van der Waals surface area contributed by atoms with Crippen LogP contribution in [0.2, 0.25) is 0 Å². The Kier molecular flexibility index (Phi) is 6.03. The minimum absolute atomic E-state index is 0.769. The molecule has 2 aromatic carbocycles. The third-order valence-electron chi connectivity index (χ3n) is 5.25. The van der Waals surface area contributed by atoms with E-state index in [1.807, 2.05) is 0 Å². The molecule has 3 rings (SSSR count). The molecule has 15 heteroatoms. The van der Waals surface area contributed by atoms with Gasteiger partial charge >= 0.3 is 183 Å². The Morgan fingerprint density at radius 1 is 0.647 bits per heavy atom. The summed E-state index contributed by atoms with van der Waals surface area (Å²) in [5, 5.41) is -1.61. The van der Waals surface area contributed by atoms with E-state index in [0.29, 0.717) is 0 Å². The van der Waals surface area contributed by atoms with Crippen LogP contribution < -0.4 is 10.6 Å². The van der Waals surface area contributed by atoms with Gasteiger partial charge in [-0.3, -0.25) is 0 Å². The molecule has 2 nitrogen and oxygen atoms in total. The summed E-state index contributed by atoms with van der Waals surface area (Å²) in [6.07, 6.45) is -32.1. The number of halogens is 12. The molecule has 190 valence electrons. The molecule has 0 aromatic heterocycles. The van der Waals surface area contributed by atoms with Crippen LogP contribution in [-0.2, 0) is 9.05 Å². The molecule has 1 saturated heterocycles. The Hall–Kier alpha value is -2.05. The van der Waals surface area contributed by atoms with Crippen molar-refractivity contribution < 1.29 is 61.7 Å². The van der Waals surface area contributed by atoms with Gasteiger partial charge in [0.2, 0.25) is 0 Å². The number of hydrogen-bond acceptors (Lipinski definition) is 2. The predicted octanol–water partition coefficient (Wildman–Crippen LogP) is 6.42. The molecule has 1 heterocycles. The van der Waals surface area contributed by atoms with E-state index in [0.717, 1.165) is 48.5 Å². The molecule has 34 heavy (non-hydrogen) atoms. The maximum absolute atomic E-state index is 13.7. The van der Waals surface area contributed by atoms with Crippen LogP contribution in [0.5, 0.6) is 0 Å². The number of rotatable bonds is 4. The Morgan fingerprint density at radius 2 is 0.971 bits per heavy atom. The maximum atomic E-state index is 13.7. The van der Waals surface area contributed by atoms with Crippen LogP contribution in [0, 0.1) is 0 Å². The van der Waals surface area contributed by atoms with Gasteiger partial charge < -0.3 is 0 Å². The molecular formula is C19H13F12O2P. The molecule has 1 aliphatic rings. The number of benzene rings is 2. The minimum atomic E-state index is -6.38. The van der Waals surface area contributed by atoms with Crippen LogP contribution in [0.4, 0.5) is 52.7 Å². The molecule has 0 radical (unpaired) electrons. The Balaban J connectivity index is 2.41. The molecule has 0 atom stereocenters. The zero-order valence-corrected chi connectivity index (χ0v) is 17.3. The molecule has 2 aromatic rings. The summed E-state index contributed by atoms with van der Waals surface area (Å²) in [6, 6.07) is 9.52. The molecule has 1 fully saturated rings. The van der Waals surface area contributed by atoms with E-state index in [1.165, 1.54) is 12.1 Å². The van der Waals surface area contributed by atoms with Crippen LogP contribution in [0.15, 0.2) is 60.7 Å². The molecule has 0 spiro atoms. The van der Waals surface area contributed by atoms with Crippen LogP contribution in [0.1, 0.15) is 0 Å². The quantitative estimate of drug-likeness (QED) is 0.334. The first-order valence-corrected chi connectivity index (χ1v) is 11.3. The summed E-state index contributed by atoms with van der Waals surface area (Å²) in [7, 11) is -6.38. The van der Waals surface area contributed by atoms with Crippen LogP contribution in [-0.4, -0.2) is 42.6 Å². The van der Waals surface area contributed by atoms with Crippen molar-refractivity contribution in [1.82, 2.24) is 0 Å². The van der Waals surface area contributed by atoms with Crippen molar-refractivity contribution in [3.05, 3.63) is 60.7 Å². The normalized spacial score (nSPS) is 21.4. The van der Waals surface area contributed by atoms with Gasteiger partial charge in [-0.2, -0.15) is 0 Å². The van der Waals surface area contributed by atoms with Gasteiger partial charge in [-0.25, -0.2) is 0 Å². The monoisotopic (exact) mass is 532 g/mol. The third kappa shape index (κ3) is 3.93. The molecule has 1 aliphatic heterocycles. The average Bonchev–Trinajstić information content (AvgIpc) is 2.65. The first kappa shape index (κ1) is 26.6. The summed E-state index contributed by atoms with van der Waals surface area (Å²) in [6.45, 7) is 0. The first-order chi connectivity index (χ1) is 15.3. The van der Waals surface area contributed by atoms with Crippen LogP contribution in [0.25, 0.3) is 0 Å². The second-order valence-electron chi connectivity index (χ2n) is 7.44. The zero-order valence-electron chi connectivity index (χ0n) is 16.4. The molecule has 0 unspecified atom stereocenters. The van der Waals surface area contributed by atoms with Crippen LogP contribution in [0.3, 0.4) is 0 Å². The molecule has 0 bridgehead atoms. The van der Waals surface area contributed by atoms with Gasteiger partial charge in [-0.15, -0.1) is 0 Å². The average molecular weight is 532 g/mol. The van der Waals surface area contributed by atoms with Gasteiger partial charge in [-0.1, -0.05) is 0 Å². The molecule has 0 saturated carbocycles. The van der Waals surface area contributed by atoms with Gasteiger partial charge in [0.25, 0.3) is 0 Å². The first-order valence-electron chi connectivity index (χ1n) is 9.09. The van der Waals surface area contributed by atoms with Gasteiger partial charge in [0.1, 0.15) is 0 Å². The fraction of sp³-hybridized carbons (Fsp3) is 0.368. The van der Waals surface area contributed by atoms with Crippen molar-refractivity contribution in [3.63, 3.8) is 0 Å². The van der Waals surface area contributed by atoms with E-state index in [1.54, 1.807) is 0 Å². The van der Waals surface area contributed by atoms with Crippen LogP contribution >= 0.6 is 7.06 Å². The molecule has 0 aliphatic carbocycles. The summed E-state index contributed by atoms with van der Waals surface area (Å²) in [4.78, 5) is 0. The van der Waals surface area contributed by atoms with Crippen molar-refractivity contribution >= 4 is 17.7 Å². The summed E-state index contributed by atoms with van der Waals surface area (Å²) >= 11 is 0. The van der Waals surface area contributed by atoms with E-state index >= 15 is 0 Å². The van der Waals surface area contributed by atoms with Gasteiger partial charge in [0.05, 0.1) is 0 Å². The Labute approximate surface area is 183 Å². The fourth-order valence-corrected chi connectivity index (χ4v) is 9.27. The van der Waals surface area contributed by atoms with Crippen molar-refractivity contribution in [1.29, 1.82) is 0 Å². The SMILES string of the molecule is FC(F)(F)C(OP1(c2ccccc2)(c2ccccc2)CC(C(F)(F)F)(C(F)(F)F)O1)C(F)(F)F. The summed E-state index contributed by atoms with van der Waals surface area (Å²) < 4.78 is 172. The van der Waals surface area contributed by atoms with Crippen molar-refractivity contribution in [2.45, 2.75) is 36.4 Å². The van der Waals surface area contributed by atoms with Gasteiger partial charge in [0.15, 0.2) is 0 Å². The molecule has 0 N–H and O–H groups in total. The molecule has 0 amide bonds. The van der Waals surface area contributed by atoms with Crippen molar-refractivity contribution in [2.75, 3.05) is 6.16 Å².